The quantitative estimate of drug-likeness (QED) is 0.174. The van der Waals surface area contributed by atoms with Crippen LogP contribution >= 0.6 is 0 Å². The first kappa shape index (κ1) is 41.0. The second-order valence-corrected chi connectivity index (χ2v) is 18.3. The van der Waals surface area contributed by atoms with Gasteiger partial charge in [0, 0.05) is 0 Å². The summed E-state index contributed by atoms with van der Waals surface area (Å²) in [6.45, 7) is 18.6. The van der Waals surface area contributed by atoms with Crippen molar-refractivity contribution in [3.05, 3.63) is 112 Å². The average molecular weight is 702 g/mol. The third kappa shape index (κ3) is 7.90. The number of hydrogen-bond donors (Lipinski definition) is 0. The Hall–Kier alpha value is -1.06. The molecule has 5 heteroatoms. The van der Waals surface area contributed by atoms with Crippen molar-refractivity contribution in [2.45, 2.75) is 104 Å². The molecule has 0 saturated carbocycles. The summed E-state index contributed by atoms with van der Waals surface area (Å²) in [6, 6.07) is 23.0. The Kier molecular flexibility index (Phi) is 16.5. The zero-order valence-electron chi connectivity index (χ0n) is 28.1. The van der Waals surface area contributed by atoms with Gasteiger partial charge in [-0.15, -0.1) is 0 Å². The third-order valence-corrected chi connectivity index (χ3v) is 16.9. The molecule has 0 heterocycles. The Morgan fingerprint density at radius 1 is 0.545 bits per heavy atom. The van der Waals surface area contributed by atoms with Gasteiger partial charge in [-0.2, -0.15) is 0 Å². The molecule has 0 aromatic heterocycles. The number of halogens is 3. The predicted molar refractivity (Wildman–Crippen MR) is 180 cm³/mol. The van der Waals surface area contributed by atoms with Crippen molar-refractivity contribution in [2.24, 2.45) is 5.92 Å². The van der Waals surface area contributed by atoms with E-state index in [1.165, 1.54) is 45.4 Å². The van der Waals surface area contributed by atoms with Crippen LogP contribution in [0.25, 0.3) is 0 Å². The van der Waals surface area contributed by atoms with Crippen LogP contribution < -0.4 is 52.8 Å². The van der Waals surface area contributed by atoms with Crippen LogP contribution in [0.15, 0.2) is 78.4 Å². The van der Waals surface area contributed by atoms with Crippen molar-refractivity contribution in [1.29, 1.82) is 0 Å². The fraction of sp³-hybridized carbons (Fsp3) is 0.436. The second kappa shape index (κ2) is 17.7. The smallest absolute Gasteiger partial charge is 1.00 e. The first-order valence-electron chi connectivity index (χ1n) is 16.3. The largest absolute Gasteiger partial charge is 1.00 e. The van der Waals surface area contributed by atoms with E-state index in [9.17, 15) is 0 Å². The number of rotatable bonds is 12. The van der Waals surface area contributed by atoms with Gasteiger partial charge in [0.05, 0.1) is 0 Å². The maximum absolute atomic E-state index is 2.70. The van der Waals surface area contributed by atoms with Gasteiger partial charge in [-0.1, -0.05) is 0 Å². The van der Waals surface area contributed by atoms with Crippen molar-refractivity contribution in [1.82, 2.24) is 0 Å². The third-order valence-electron chi connectivity index (χ3n) is 9.64. The van der Waals surface area contributed by atoms with Crippen molar-refractivity contribution in [3.8, 4) is 0 Å². The second-order valence-electron chi connectivity index (χ2n) is 12.1. The molecule has 0 nitrogen and oxygen atoms in total. The summed E-state index contributed by atoms with van der Waals surface area (Å²) < 4.78 is -0.0854. The SMILES string of the molecule is CCc1cc(CC)cc([Si](c2cc(CC)cc(CC)c2)(c2cc(CC)cc(CC)c2)[C]2([Ti+3])C=CC(C(C)CC)=C2)c1.[Cl-].[Cl-].[Cl-]. The minimum absolute atomic E-state index is 0. The van der Waals surface area contributed by atoms with Gasteiger partial charge in [-0.3, -0.25) is 0 Å². The van der Waals surface area contributed by atoms with Gasteiger partial charge in [-0.05, 0) is 0 Å². The van der Waals surface area contributed by atoms with Gasteiger partial charge >= 0.3 is 265 Å². The molecular formula is C39H51Cl3SiTi. The standard InChI is InChI=1S/C39H51Si.3ClH.Ti/c1-9-28(8)35-16-17-36(27-35)40(37-21-29(10-2)18-30(11-3)22-37,38-23-31(12-4)19-32(13-5)24-38)39-25-33(14-6)20-34(15-7)26-39;;;;/h16-28H,9-15H2,1-8H3;3*1H;/q;;;;+3/p-3. The van der Waals surface area contributed by atoms with E-state index < -0.39 is 8.07 Å². The molecule has 0 N–H and O–H groups in total. The molecule has 3 aromatic rings. The van der Waals surface area contributed by atoms with Crippen LogP contribution in [0.2, 0.25) is 3.34 Å². The first-order chi connectivity index (χ1) is 19.7. The Morgan fingerprint density at radius 2 is 0.841 bits per heavy atom. The summed E-state index contributed by atoms with van der Waals surface area (Å²) in [5, 5.41) is 4.73. The minimum atomic E-state index is -2.66. The van der Waals surface area contributed by atoms with E-state index in [2.05, 4.69) is 149 Å². The van der Waals surface area contributed by atoms with Crippen molar-refractivity contribution < 1.29 is 57.7 Å². The zero-order chi connectivity index (χ0) is 29.8. The van der Waals surface area contributed by atoms with Crippen molar-refractivity contribution in [3.63, 3.8) is 0 Å². The fourth-order valence-electron chi connectivity index (χ4n) is 6.74. The van der Waals surface area contributed by atoms with Gasteiger partial charge in [0.1, 0.15) is 0 Å². The minimum Gasteiger partial charge on any atom is -1.00 e. The molecule has 3 aromatic carbocycles. The molecule has 1 aliphatic rings. The van der Waals surface area contributed by atoms with Gasteiger partial charge < -0.3 is 37.2 Å². The van der Waals surface area contributed by atoms with E-state index in [1.54, 1.807) is 15.6 Å². The van der Waals surface area contributed by atoms with Crippen molar-refractivity contribution in [2.75, 3.05) is 0 Å². The molecule has 0 radical (unpaired) electrons. The monoisotopic (exact) mass is 700 g/mol. The van der Waals surface area contributed by atoms with Crippen LogP contribution in [-0.2, 0) is 59.0 Å². The van der Waals surface area contributed by atoms with Crippen LogP contribution in [0.5, 0.6) is 0 Å². The summed E-state index contributed by atoms with van der Waals surface area (Å²) in [5.41, 5.74) is 10.3. The molecule has 0 aliphatic heterocycles. The zero-order valence-corrected chi connectivity index (χ0v) is 32.9. The number of benzene rings is 3. The van der Waals surface area contributed by atoms with E-state index in [1.807, 2.05) is 0 Å². The van der Waals surface area contributed by atoms with E-state index in [0.29, 0.717) is 5.92 Å². The van der Waals surface area contributed by atoms with Gasteiger partial charge in [-0.25, -0.2) is 0 Å². The molecule has 0 spiro atoms. The van der Waals surface area contributed by atoms with Gasteiger partial charge in [0.25, 0.3) is 0 Å². The number of allylic oxidation sites excluding steroid dienone is 4. The molecule has 1 aliphatic carbocycles. The Bertz CT molecular complexity index is 1240. The Balaban J connectivity index is 0.00000323. The van der Waals surface area contributed by atoms with E-state index in [0.717, 1.165) is 38.5 Å². The molecular weight excluding hydrogens is 651 g/mol. The summed E-state index contributed by atoms with van der Waals surface area (Å²) in [6.07, 6.45) is 15.4. The van der Waals surface area contributed by atoms with Crippen LogP contribution in [0.3, 0.4) is 0 Å². The first-order valence-corrected chi connectivity index (χ1v) is 19.1. The topological polar surface area (TPSA) is 0 Å². The Labute approximate surface area is 300 Å². The molecule has 0 saturated heterocycles. The molecule has 0 bridgehead atoms. The molecule has 236 valence electrons. The molecule has 2 atom stereocenters. The van der Waals surface area contributed by atoms with Gasteiger partial charge in [0.15, 0.2) is 0 Å². The molecule has 44 heavy (non-hydrogen) atoms. The predicted octanol–water partition coefficient (Wildman–Crippen LogP) is -0.670. The summed E-state index contributed by atoms with van der Waals surface area (Å²) in [5.74, 6) is 0.564. The number of hydrogen-bond acceptors (Lipinski definition) is 0. The van der Waals surface area contributed by atoms with E-state index in [-0.39, 0.29) is 40.6 Å². The van der Waals surface area contributed by atoms with Crippen LogP contribution in [0.4, 0.5) is 0 Å². The molecule has 0 amide bonds. The van der Waals surface area contributed by atoms with Crippen LogP contribution in [-0.4, -0.2) is 8.07 Å². The summed E-state index contributed by atoms with van der Waals surface area (Å²) in [7, 11) is -2.66. The normalized spacial score (nSPS) is 16.5. The molecule has 4 rings (SSSR count). The maximum atomic E-state index is 2.70. The summed E-state index contributed by atoms with van der Waals surface area (Å²) >= 11 is 2.57. The average Bonchev–Trinajstić information content (AvgIpc) is 3.42. The number of aryl methyl sites for hydroxylation is 6. The fourth-order valence-corrected chi connectivity index (χ4v) is 14.7. The molecule has 0 fully saturated rings. The van der Waals surface area contributed by atoms with Crippen LogP contribution in [0.1, 0.15) is 95.2 Å². The van der Waals surface area contributed by atoms with Crippen molar-refractivity contribution >= 4 is 23.6 Å². The van der Waals surface area contributed by atoms with Crippen LogP contribution in [0, 0.1) is 5.92 Å². The molecule has 2 unspecified atom stereocenters. The van der Waals surface area contributed by atoms with E-state index >= 15 is 0 Å². The Morgan fingerprint density at radius 3 is 1.09 bits per heavy atom. The summed E-state index contributed by atoms with van der Waals surface area (Å²) in [4.78, 5) is 0. The van der Waals surface area contributed by atoms with Gasteiger partial charge in [0.2, 0.25) is 0 Å². The van der Waals surface area contributed by atoms with E-state index in [4.69, 9.17) is 0 Å². The maximum Gasteiger partial charge on any atom is -1.00 e.